The summed E-state index contributed by atoms with van der Waals surface area (Å²) in [4.78, 5) is 7.76. The maximum atomic E-state index is 5.43. The van der Waals surface area contributed by atoms with Crippen LogP contribution in [0.15, 0.2) is 18.3 Å². The summed E-state index contributed by atoms with van der Waals surface area (Å²) in [6.45, 7) is 4.85. The molecule has 4 nitrogen and oxygen atoms in total. The first-order valence-corrected chi connectivity index (χ1v) is 6.70. The molecule has 2 N–H and O–H groups in total. The molecule has 0 spiro atoms. The van der Waals surface area contributed by atoms with E-state index >= 15 is 0 Å². The van der Waals surface area contributed by atoms with Crippen molar-refractivity contribution < 1.29 is 4.74 Å². The van der Waals surface area contributed by atoms with Crippen LogP contribution in [0.5, 0.6) is 5.88 Å². The van der Waals surface area contributed by atoms with Crippen LogP contribution in [-0.2, 0) is 0 Å². The van der Waals surface area contributed by atoms with E-state index in [4.69, 9.17) is 4.74 Å². The Morgan fingerprint density at radius 2 is 2.17 bits per heavy atom. The lowest BCUT2D eigenvalue weighted by Crippen LogP contribution is -2.26. The van der Waals surface area contributed by atoms with Crippen molar-refractivity contribution in [3.8, 4) is 5.88 Å². The van der Waals surface area contributed by atoms with Gasteiger partial charge in [-0.25, -0.2) is 0 Å². The van der Waals surface area contributed by atoms with Crippen LogP contribution in [-0.4, -0.2) is 29.7 Å². The third-order valence-electron chi connectivity index (χ3n) is 3.62. The van der Waals surface area contributed by atoms with E-state index < -0.39 is 0 Å². The van der Waals surface area contributed by atoms with E-state index in [1.165, 1.54) is 23.8 Å². The zero-order valence-electron chi connectivity index (χ0n) is 10.7. The van der Waals surface area contributed by atoms with Crippen molar-refractivity contribution in [1.82, 2.24) is 15.3 Å². The molecule has 1 aliphatic heterocycles. The number of ether oxygens (including phenoxy) is 1. The Hall–Kier alpha value is -1.55. The summed E-state index contributed by atoms with van der Waals surface area (Å²) in [5.74, 6) is 1.35. The van der Waals surface area contributed by atoms with E-state index in [1.807, 2.05) is 13.0 Å². The smallest absolute Gasteiger partial charge is 0.215 e. The maximum absolute atomic E-state index is 5.43. The van der Waals surface area contributed by atoms with Gasteiger partial charge in [0.1, 0.15) is 5.65 Å². The van der Waals surface area contributed by atoms with Crippen molar-refractivity contribution in [2.75, 3.05) is 19.7 Å². The third kappa shape index (κ3) is 2.08. The molecule has 1 aliphatic rings. The van der Waals surface area contributed by atoms with Gasteiger partial charge in [0, 0.05) is 17.6 Å². The SMILES string of the molecule is CCOc1ccc2c(C3CCNCC3)c[nH]c2n1. The van der Waals surface area contributed by atoms with Gasteiger partial charge in [0.2, 0.25) is 5.88 Å². The number of aromatic nitrogens is 2. The summed E-state index contributed by atoms with van der Waals surface area (Å²) in [6, 6.07) is 4.09. The molecule has 0 aliphatic carbocycles. The van der Waals surface area contributed by atoms with Crippen molar-refractivity contribution in [1.29, 1.82) is 0 Å². The molecule has 0 atom stereocenters. The van der Waals surface area contributed by atoms with Gasteiger partial charge in [-0.2, -0.15) is 4.98 Å². The lowest BCUT2D eigenvalue weighted by atomic mass is 9.90. The number of aromatic amines is 1. The molecule has 96 valence electrons. The molecule has 2 aromatic heterocycles. The predicted molar refractivity (Wildman–Crippen MR) is 72.1 cm³/mol. The number of hydrogen-bond acceptors (Lipinski definition) is 3. The Bertz CT molecular complexity index is 529. The average Bonchev–Trinajstić information content (AvgIpc) is 2.83. The lowest BCUT2D eigenvalue weighted by Gasteiger charge is -2.22. The average molecular weight is 245 g/mol. The van der Waals surface area contributed by atoms with Crippen LogP contribution in [0, 0.1) is 0 Å². The minimum Gasteiger partial charge on any atom is -0.478 e. The van der Waals surface area contributed by atoms with E-state index in [9.17, 15) is 0 Å². The van der Waals surface area contributed by atoms with E-state index in [1.54, 1.807) is 0 Å². The molecule has 4 heteroatoms. The molecule has 1 saturated heterocycles. The van der Waals surface area contributed by atoms with E-state index in [0.717, 1.165) is 18.7 Å². The first-order chi connectivity index (χ1) is 8.88. The quantitative estimate of drug-likeness (QED) is 0.873. The molecule has 0 amide bonds. The van der Waals surface area contributed by atoms with Crippen molar-refractivity contribution in [2.45, 2.75) is 25.7 Å². The first-order valence-electron chi connectivity index (χ1n) is 6.70. The Morgan fingerprint density at radius 3 is 2.94 bits per heavy atom. The number of rotatable bonds is 3. The highest BCUT2D eigenvalue weighted by Crippen LogP contribution is 2.31. The summed E-state index contributed by atoms with van der Waals surface area (Å²) in [5, 5.41) is 4.65. The largest absolute Gasteiger partial charge is 0.478 e. The minimum atomic E-state index is 0.653. The first kappa shape index (κ1) is 11.5. The number of pyridine rings is 1. The van der Waals surface area contributed by atoms with Crippen molar-refractivity contribution in [3.63, 3.8) is 0 Å². The molecule has 3 heterocycles. The van der Waals surface area contributed by atoms with Gasteiger partial charge in [-0.05, 0) is 50.4 Å². The standard InChI is InChI=1S/C14H19N3O/c1-2-18-13-4-3-11-12(9-16-14(11)17-13)10-5-7-15-8-6-10/h3-4,9-10,15H,2,5-8H2,1H3,(H,16,17). The van der Waals surface area contributed by atoms with Crippen LogP contribution in [0.1, 0.15) is 31.2 Å². The topological polar surface area (TPSA) is 49.9 Å². The fourth-order valence-electron chi connectivity index (χ4n) is 2.71. The normalized spacial score (nSPS) is 17.2. The van der Waals surface area contributed by atoms with Gasteiger partial charge >= 0.3 is 0 Å². The number of piperidine rings is 1. The third-order valence-corrected chi connectivity index (χ3v) is 3.62. The van der Waals surface area contributed by atoms with Crippen molar-refractivity contribution >= 4 is 11.0 Å². The number of hydrogen-bond donors (Lipinski definition) is 2. The molecule has 1 fully saturated rings. The zero-order valence-corrected chi connectivity index (χ0v) is 10.7. The van der Waals surface area contributed by atoms with Crippen LogP contribution in [0.4, 0.5) is 0 Å². The molecular weight excluding hydrogens is 226 g/mol. The van der Waals surface area contributed by atoms with Crippen LogP contribution >= 0.6 is 0 Å². The Morgan fingerprint density at radius 1 is 1.33 bits per heavy atom. The fraction of sp³-hybridized carbons (Fsp3) is 0.500. The summed E-state index contributed by atoms with van der Waals surface area (Å²) < 4.78 is 5.43. The van der Waals surface area contributed by atoms with E-state index in [-0.39, 0.29) is 0 Å². The van der Waals surface area contributed by atoms with Crippen LogP contribution in [0.2, 0.25) is 0 Å². The molecule has 0 radical (unpaired) electrons. The molecule has 2 aromatic rings. The van der Waals surface area contributed by atoms with Crippen molar-refractivity contribution in [2.24, 2.45) is 0 Å². The van der Waals surface area contributed by atoms with Gasteiger partial charge in [-0.15, -0.1) is 0 Å². The van der Waals surface area contributed by atoms with Crippen LogP contribution < -0.4 is 10.1 Å². The van der Waals surface area contributed by atoms with Gasteiger partial charge in [0.05, 0.1) is 6.61 Å². The predicted octanol–water partition coefficient (Wildman–Crippen LogP) is 2.43. The summed E-state index contributed by atoms with van der Waals surface area (Å²) in [7, 11) is 0. The second-order valence-electron chi connectivity index (χ2n) is 4.75. The van der Waals surface area contributed by atoms with Gasteiger partial charge in [-0.1, -0.05) is 0 Å². The van der Waals surface area contributed by atoms with E-state index in [0.29, 0.717) is 18.4 Å². The molecular formula is C14H19N3O. The molecule has 0 bridgehead atoms. The Kier molecular flexibility index (Phi) is 3.19. The lowest BCUT2D eigenvalue weighted by molar-refractivity contribution is 0.328. The highest BCUT2D eigenvalue weighted by atomic mass is 16.5. The Balaban J connectivity index is 1.93. The van der Waals surface area contributed by atoms with E-state index in [2.05, 4.69) is 27.5 Å². The van der Waals surface area contributed by atoms with Crippen LogP contribution in [0.25, 0.3) is 11.0 Å². The van der Waals surface area contributed by atoms with Crippen LogP contribution in [0.3, 0.4) is 0 Å². The summed E-state index contributed by atoms with van der Waals surface area (Å²) in [5.41, 5.74) is 2.34. The second kappa shape index (κ2) is 4.98. The minimum absolute atomic E-state index is 0.653. The van der Waals surface area contributed by atoms with Gasteiger partial charge in [0.15, 0.2) is 0 Å². The molecule has 18 heavy (non-hydrogen) atoms. The zero-order chi connectivity index (χ0) is 12.4. The molecule has 0 saturated carbocycles. The monoisotopic (exact) mass is 245 g/mol. The fourth-order valence-corrected chi connectivity index (χ4v) is 2.71. The Labute approximate surface area is 107 Å². The van der Waals surface area contributed by atoms with Gasteiger partial charge in [-0.3, -0.25) is 0 Å². The molecule has 0 unspecified atom stereocenters. The highest BCUT2D eigenvalue weighted by Gasteiger charge is 2.18. The highest BCUT2D eigenvalue weighted by molar-refractivity contribution is 5.80. The summed E-state index contributed by atoms with van der Waals surface area (Å²) >= 11 is 0. The van der Waals surface area contributed by atoms with Crippen molar-refractivity contribution in [3.05, 3.63) is 23.9 Å². The maximum Gasteiger partial charge on any atom is 0.215 e. The summed E-state index contributed by atoms with van der Waals surface area (Å²) in [6.07, 6.45) is 4.53. The number of fused-ring (bicyclic) bond motifs is 1. The second-order valence-corrected chi connectivity index (χ2v) is 4.75. The number of nitrogens with zero attached hydrogens (tertiary/aromatic N) is 1. The van der Waals surface area contributed by atoms with Gasteiger partial charge in [0.25, 0.3) is 0 Å². The molecule has 3 rings (SSSR count). The number of H-pyrrole nitrogens is 1. The number of nitrogens with one attached hydrogen (secondary N) is 2. The van der Waals surface area contributed by atoms with Gasteiger partial charge < -0.3 is 15.0 Å². The molecule has 0 aromatic carbocycles.